The highest BCUT2D eigenvalue weighted by molar-refractivity contribution is 5.43. The van der Waals surface area contributed by atoms with E-state index in [1.165, 1.54) is 0 Å². The number of hydrogen-bond acceptors (Lipinski definition) is 4. The van der Waals surface area contributed by atoms with Crippen LogP contribution in [0.15, 0.2) is 48.5 Å². The zero-order valence-electron chi connectivity index (χ0n) is 14.8. The lowest BCUT2D eigenvalue weighted by molar-refractivity contribution is 0.0475. The first-order valence-electron chi connectivity index (χ1n) is 8.95. The average Bonchev–Trinajstić information content (AvgIpc) is 3.07. The predicted molar refractivity (Wildman–Crippen MR) is 98.9 cm³/mol. The molecule has 3 rings (SSSR count). The Labute approximate surface area is 149 Å². The standard InChI is InChI=1S/C21H27NO3/c1-24-19-10-9-18(14-22-16-21(23)11-5-6-12-21)13-20(19)25-15-17-7-3-2-4-8-17/h2-4,7-10,13,22-23H,5-6,11-12,14-16H2,1H3. The first kappa shape index (κ1) is 17.8. The number of nitrogens with one attached hydrogen (secondary N) is 1. The molecule has 134 valence electrons. The molecule has 0 aliphatic heterocycles. The van der Waals surface area contributed by atoms with E-state index in [1.54, 1.807) is 7.11 Å². The van der Waals surface area contributed by atoms with Crippen LogP contribution in [0.25, 0.3) is 0 Å². The van der Waals surface area contributed by atoms with Gasteiger partial charge in [-0.2, -0.15) is 0 Å². The maximum absolute atomic E-state index is 10.4. The van der Waals surface area contributed by atoms with Gasteiger partial charge in [-0.05, 0) is 36.1 Å². The van der Waals surface area contributed by atoms with Crippen molar-refractivity contribution < 1.29 is 14.6 Å². The number of rotatable bonds is 8. The summed E-state index contributed by atoms with van der Waals surface area (Å²) in [6, 6.07) is 16.1. The lowest BCUT2D eigenvalue weighted by Gasteiger charge is -2.22. The second-order valence-corrected chi connectivity index (χ2v) is 6.79. The maximum Gasteiger partial charge on any atom is 0.161 e. The van der Waals surface area contributed by atoms with Crippen molar-refractivity contribution in [1.29, 1.82) is 0 Å². The number of aliphatic hydroxyl groups is 1. The SMILES string of the molecule is COc1ccc(CNCC2(O)CCCC2)cc1OCc1ccccc1. The third-order valence-electron chi connectivity index (χ3n) is 4.78. The normalized spacial score (nSPS) is 15.9. The summed E-state index contributed by atoms with van der Waals surface area (Å²) in [5.74, 6) is 1.47. The Morgan fingerprint density at radius 1 is 1.00 bits per heavy atom. The third kappa shape index (κ3) is 4.97. The second-order valence-electron chi connectivity index (χ2n) is 6.79. The first-order valence-corrected chi connectivity index (χ1v) is 8.95. The zero-order chi connectivity index (χ0) is 17.5. The van der Waals surface area contributed by atoms with Crippen LogP contribution in [0, 0.1) is 0 Å². The molecule has 2 N–H and O–H groups in total. The van der Waals surface area contributed by atoms with Crippen molar-refractivity contribution in [1.82, 2.24) is 5.32 Å². The fraction of sp³-hybridized carbons (Fsp3) is 0.429. The van der Waals surface area contributed by atoms with Crippen molar-refractivity contribution in [2.45, 2.75) is 44.4 Å². The molecule has 1 saturated carbocycles. The molecule has 0 saturated heterocycles. The highest BCUT2D eigenvalue weighted by Gasteiger charge is 2.30. The highest BCUT2D eigenvalue weighted by atomic mass is 16.5. The summed E-state index contributed by atoms with van der Waals surface area (Å²) < 4.78 is 11.4. The summed E-state index contributed by atoms with van der Waals surface area (Å²) in [6.45, 7) is 1.85. The Hall–Kier alpha value is -2.04. The van der Waals surface area contributed by atoms with Crippen LogP contribution in [-0.2, 0) is 13.2 Å². The quantitative estimate of drug-likeness (QED) is 0.769. The maximum atomic E-state index is 10.4. The van der Waals surface area contributed by atoms with Gasteiger partial charge in [0.15, 0.2) is 11.5 Å². The number of methoxy groups -OCH3 is 1. The molecule has 0 unspecified atom stereocenters. The average molecular weight is 341 g/mol. The van der Waals surface area contributed by atoms with Crippen molar-refractivity contribution in [3.05, 3.63) is 59.7 Å². The lowest BCUT2D eigenvalue weighted by Crippen LogP contribution is -2.37. The molecule has 0 amide bonds. The van der Waals surface area contributed by atoms with Crippen molar-refractivity contribution >= 4 is 0 Å². The molecule has 4 heteroatoms. The van der Waals surface area contributed by atoms with Gasteiger partial charge in [-0.25, -0.2) is 0 Å². The van der Waals surface area contributed by atoms with Crippen LogP contribution in [0.5, 0.6) is 11.5 Å². The van der Waals surface area contributed by atoms with E-state index in [0.29, 0.717) is 19.7 Å². The molecular weight excluding hydrogens is 314 g/mol. The monoisotopic (exact) mass is 341 g/mol. The minimum atomic E-state index is -0.529. The van der Waals surface area contributed by atoms with E-state index >= 15 is 0 Å². The predicted octanol–water partition coefficient (Wildman–Crippen LogP) is 3.67. The Balaban J connectivity index is 1.59. The Morgan fingerprint density at radius 2 is 1.76 bits per heavy atom. The van der Waals surface area contributed by atoms with E-state index in [0.717, 1.165) is 48.3 Å². The summed E-state index contributed by atoms with van der Waals surface area (Å²) in [5.41, 5.74) is 1.71. The smallest absolute Gasteiger partial charge is 0.161 e. The molecule has 2 aromatic rings. The molecule has 4 nitrogen and oxygen atoms in total. The van der Waals surface area contributed by atoms with E-state index < -0.39 is 5.60 Å². The third-order valence-corrected chi connectivity index (χ3v) is 4.78. The van der Waals surface area contributed by atoms with Crippen molar-refractivity contribution in [2.75, 3.05) is 13.7 Å². The van der Waals surface area contributed by atoms with Gasteiger partial charge in [0.1, 0.15) is 6.61 Å². The summed E-state index contributed by atoms with van der Waals surface area (Å²) in [7, 11) is 1.65. The first-order chi connectivity index (χ1) is 12.2. The van der Waals surface area contributed by atoms with Crippen LogP contribution in [0.1, 0.15) is 36.8 Å². The van der Waals surface area contributed by atoms with Gasteiger partial charge in [0.05, 0.1) is 12.7 Å². The zero-order valence-corrected chi connectivity index (χ0v) is 14.8. The van der Waals surface area contributed by atoms with Crippen LogP contribution in [0.2, 0.25) is 0 Å². The molecule has 2 aromatic carbocycles. The molecular formula is C21H27NO3. The van der Waals surface area contributed by atoms with E-state index in [1.807, 2.05) is 48.5 Å². The van der Waals surface area contributed by atoms with Crippen LogP contribution in [-0.4, -0.2) is 24.4 Å². The number of ether oxygens (including phenoxy) is 2. The molecule has 0 atom stereocenters. The van der Waals surface area contributed by atoms with Gasteiger partial charge in [0.2, 0.25) is 0 Å². The number of benzene rings is 2. The molecule has 1 aliphatic rings. The second kappa shape index (κ2) is 8.37. The van der Waals surface area contributed by atoms with Gasteiger partial charge in [0, 0.05) is 13.1 Å². The fourth-order valence-corrected chi connectivity index (χ4v) is 3.33. The molecule has 0 bridgehead atoms. The Bertz CT molecular complexity index is 666. The van der Waals surface area contributed by atoms with E-state index in [4.69, 9.17) is 9.47 Å². The van der Waals surface area contributed by atoms with Crippen LogP contribution in [0.4, 0.5) is 0 Å². The van der Waals surface area contributed by atoms with E-state index in [2.05, 4.69) is 5.32 Å². The Kier molecular flexibility index (Phi) is 5.95. The van der Waals surface area contributed by atoms with Crippen molar-refractivity contribution in [3.63, 3.8) is 0 Å². The summed E-state index contributed by atoms with van der Waals surface area (Å²) in [6.07, 6.45) is 4.04. The lowest BCUT2D eigenvalue weighted by atomic mass is 10.0. The van der Waals surface area contributed by atoms with Gasteiger partial charge >= 0.3 is 0 Å². The van der Waals surface area contributed by atoms with Crippen LogP contribution in [0.3, 0.4) is 0 Å². The van der Waals surface area contributed by atoms with Gasteiger partial charge in [0.25, 0.3) is 0 Å². The van der Waals surface area contributed by atoms with Gasteiger partial charge in [-0.15, -0.1) is 0 Å². The summed E-state index contributed by atoms with van der Waals surface area (Å²) in [5, 5.41) is 13.8. The van der Waals surface area contributed by atoms with E-state index in [-0.39, 0.29) is 0 Å². The van der Waals surface area contributed by atoms with Gasteiger partial charge in [-0.3, -0.25) is 0 Å². The van der Waals surface area contributed by atoms with Crippen molar-refractivity contribution in [2.24, 2.45) is 0 Å². The fourth-order valence-electron chi connectivity index (χ4n) is 3.33. The molecule has 1 fully saturated rings. The Morgan fingerprint density at radius 3 is 2.48 bits per heavy atom. The van der Waals surface area contributed by atoms with Gasteiger partial charge < -0.3 is 19.9 Å². The molecule has 25 heavy (non-hydrogen) atoms. The molecule has 0 aromatic heterocycles. The number of hydrogen-bond donors (Lipinski definition) is 2. The highest BCUT2D eigenvalue weighted by Crippen LogP contribution is 2.30. The molecule has 0 radical (unpaired) electrons. The van der Waals surface area contributed by atoms with Gasteiger partial charge in [-0.1, -0.05) is 49.2 Å². The minimum Gasteiger partial charge on any atom is -0.493 e. The van der Waals surface area contributed by atoms with Crippen LogP contribution >= 0.6 is 0 Å². The molecule has 1 aliphatic carbocycles. The molecule has 0 spiro atoms. The summed E-state index contributed by atoms with van der Waals surface area (Å²) in [4.78, 5) is 0. The van der Waals surface area contributed by atoms with E-state index in [9.17, 15) is 5.11 Å². The van der Waals surface area contributed by atoms with Crippen molar-refractivity contribution in [3.8, 4) is 11.5 Å². The topological polar surface area (TPSA) is 50.7 Å². The molecule has 0 heterocycles. The van der Waals surface area contributed by atoms with Crippen LogP contribution < -0.4 is 14.8 Å². The largest absolute Gasteiger partial charge is 0.493 e. The summed E-state index contributed by atoms with van der Waals surface area (Å²) >= 11 is 0. The minimum absolute atomic E-state index is 0.508.